The van der Waals surface area contributed by atoms with E-state index < -0.39 is 18.0 Å². The van der Waals surface area contributed by atoms with Gasteiger partial charge < -0.3 is 10.2 Å². The van der Waals surface area contributed by atoms with Crippen LogP contribution in [0.3, 0.4) is 0 Å². The number of carboxylic acid groups (broad SMARTS) is 1. The molecule has 3 unspecified atom stereocenters. The summed E-state index contributed by atoms with van der Waals surface area (Å²) in [5, 5.41) is 20.9. The molecule has 0 radical (unpaired) electrons. The van der Waals surface area contributed by atoms with Crippen LogP contribution in [-0.4, -0.2) is 33.0 Å². The van der Waals surface area contributed by atoms with E-state index in [1.165, 1.54) is 0 Å². The average Bonchev–Trinajstić information content (AvgIpc) is 2.87. The number of rotatable bonds is 10. The van der Waals surface area contributed by atoms with Crippen LogP contribution in [0, 0.1) is 5.92 Å². The third-order valence-corrected chi connectivity index (χ3v) is 7.86. The molecule has 3 aromatic carbocycles. The molecule has 4 rings (SSSR count). The monoisotopic (exact) mass is 531 g/mol. The van der Waals surface area contributed by atoms with E-state index in [-0.39, 0.29) is 5.25 Å². The van der Waals surface area contributed by atoms with Gasteiger partial charge >= 0.3 is 5.97 Å². The Bertz CT molecular complexity index is 1420. The fraction of sp³-hybridized carbons (Fsp3) is 0.226. The Morgan fingerprint density at radius 1 is 0.973 bits per heavy atom. The van der Waals surface area contributed by atoms with E-state index in [4.69, 9.17) is 16.6 Å². The summed E-state index contributed by atoms with van der Waals surface area (Å²) in [5.74, 6) is -0.761. The lowest BCUT2D eigenvalue weighted by molar-refractivity contribution is -0.140. The number of benzene rings is 3. The lowest BCUT2D eigenvalue weighted by Crippen LogP contribution is -2.13. The van der Waals surface area contributed by atoms with Crippen LogP contribution in [0.1, 0.15) is 47.0 Å². The summed E-state index contributed by atoms with van der Waals surface area (Å²) in [6.45, 7) is 3.52. The van der Waals surface area contributed by atoms with Gasteiger partial charge in [-0.1, -0.05) is 85.3 Å². The molecule has 0 fully saturated rings. The number of aromatic nitrogens is 1. The van der Waals surface area contributed by atoms with Crippen LogP contribution in [0.2, 0.25) is 5.02 Å². The molecule has 0 saturated heterocycles. The first-order valence-corrected chi connectivity index (χ1v) is 13.7. The van der Waals surface area contributed by atoms with Gasteiger partial charge in [0.1, 0.15) is 0 Å². The summed E-state index contributed by atoms with van der Waals surface area (Å²) in [6.07, 6.45) is 4.16. The van der Waals surface area contributed by atoms with Gasteiger partial charge in [-0.25, -0.2) is 4.98 Å². The number of aliphatic hydroxyl groups is 1. The molecule has 1 aromatic heterocycles. The summed E-state index contributed by atoms with van der Waals surface area (Å²) in [4.78, 5) is 16.2. The van der Waals surface area contributed by atoms with Gasteiger partial charge in [0.05, 0.1) is 28.5 Å². The molecule has 4 aromatic rings. The van der Waals surface area contributed by atoms with Crippen molar-refractivity contribution in [2.75, 3.05) is 5.75 Å². The summed E-state index contributed by atoms with van der Waals surface area (Å²) in [7, 11) is 0. The van der Waals surface area contributed by atoms with Crippen LogP contribution >= 0.6 is 23.4 Å². The molecule has 0 aliphatic carbocycles. The van der Waals surface area contributed by atoms with Crippen molar-refractivity contribution in [3.8, 4) is 0 Å². The van der Waals surface area contributed by atoms with E-state index in [1.807, 2.05) is 66.7 Å². The summed E-state index contributed by atoms with van der Waals surface area (Å²) >= 11 is 7.76. The summed E-state index contributed by atoms with van der Waals surface area (Å²) in [6, 6.07) is 26.2. The Labute approximate surface area is 227 Å². The predicted molar refractivity (Wildman–Crippen MR) is 155 cm³/mol. The third kappa shape index (κ3) is 7.45. The van der Waals surface area contributed by atoms with Crippen molar-refractivity contribution in [2.45, 2.75) is 31.6 Å². The molecule has 0 bridgehead atoms. The van der Waals surface area contributed by atoms with E-state index in [9.17, 15) is 15.0 Å². The van der Waals surface area contributed by atoms with Crippen LogP contribution in [-0.2, 0) is 11.2 Å². The molecule has 2 N–H and O–H groups in total. The number of aliphatic carboxylic acids is 1. The first kappa shape index (κ1) is 26.9. The highest BCUT2D eigenvalue weighted by Gasteiger charge is 2.20. The zero-order valence-corrected chi connectivity index (χ0v) is 22.4. The van der Waals surface area contributed by atoms with E-state index in [2.05, 4.69) is 24.3 Å². The molecule has 0 spiro atoms. The highest BCUT2D eigenvalue weighted by Crippen LogP contribution is 2.38. The van der Waals surface area contributed by atoms with Crippen LogP contribution in [0.5, 0.6) is 0 Å². The Morgan fingerprint density at radius 2 is 1.70 bits per heavy atom. The minimum Gasteiger partial charge on any atom is -0.481 e. The second kappa shape index (κ2) is 12.4. The number of hydrogen-bond acceptors (Lipinski definition) is 4. The van der Waals surface area contributed by atoms with Crippen LogP contribution in [0.4, 0.5) is 0 Å². The molecule has 3 atom stereocenters. The fourth-order valence-corrected chi connectivity index (χ4v) is 5.60. The summed E-state index contributed by atoms with van der Waals surface area (Å²) in [5.41, 5.74) is 5.97. The van der Waals surface area contributed by atoms with Gasteiger partial charge in [0, 0.05) is 16.2 Å². The molecule has 1 heterocycles. The Kier molecular flexibility index (Phi) is 9.04. The molecule has 0 aliphatic rings. The minimum atomic E-state index is -0.796. The Morgan fingerprint density at radius 3 is 2.46 bits per heavy atom. The number of pyridine rings is 1. The fourth-order valence-electron chi connectivity index (χ4n) is 4.13. The largest absolute Gasteiger partial charge is 0.481 e. The number of halogens is 1. The number of hydrogen-bond donors (Lipinski definition) is 2. The zero-order valence-electron chi connectivity index (χ0n) is 20.8. The lowest BCUT2D eigenvalue weighted by atomic mass is 9.98. The van der Waals surface area contributed by atoms with Crippen LogP contribution in [0.25, 0.3) is 23.1 Å². The maximum atomic E-state index is 11.5. The number of carboxylic acids is 1. The first-order chi connectivity index (χ1) is 17.8. The lowest BCUT2D eigenvalue weighted by Gasteiger charge is -2.20. The zero-order chi connectivity index (χ0) is 26.4. The smallest absolute Gasteiger partial charge is 0.307 e. The van der Waals surface area contributed by atoms with Gasteiger partial charge in [-0.2, -0.15) is 0 Å². The molecule has 190 valence electrons. The van der Waals surface area contributed by atoms with Gasteiger partial charge in [0.25, 0.3) is 0 Å². The number of nitrogens with zero attached hydrogens (tertiary/aromatic N) is 1. The standard InChI is InChI=1S/C31H30ClNO3S/c1-20(31(35)36)19-37-30(26-8-4-6-23(17-26)15-21(2)34)25-7-3-5-22(16-25)9-13-28-14-11-24-10-12-27(32)18-29(24)33-28/h3-14,16-18,20-21,30,34H,15,19H2,1-2H3,(H,35,36). The molecule has 37 heavy (non-hydrogen) atoms. The van der Waals surface area contributed by atoms with Crippen molar-refractivity contribution in [3.63, 3.8) is 0 Å². The average molecular weight is 532 g/mol. The predicted octanol–water partition coefficient (Wildman–Crippen LogP) is 7.53. The van der Waals surface area contributed by atoms with Gasteiger partial charge in [0.15, 0.2) is 0 Å². The number of aliphatic hydroxyl groups excluding tert-OH is 1. The molecule has 0 aliphatic heterocycles. The molecular formula is C31H30ClNO3S. The van der Waals surface area contributed by atoms with Gasteiger partial charge in [-0.3, -0.25) is 4.79 Å². The molecule has 0 saturated carbocycles. The topological polar surface area (TPSA) is 70.4 Å². The molecule has 6 heteroatoms. The third-order valence-electron chi connectivity index (χ3n) is 6.06. The summed E-state index contributed by atoms with van der Waals surface area (Å²) < 4.78 is 0. The van der Waals surface area contributed by atoms with E-state index >= 15 is 0 Å². The number of carbonyl (C=O) groups is 1. The highest BCUT2D eigenvalue weighted by molar-refractivity contribution is 7.99. The number of fused-ring (bicyclic) bond motifs is 1. The quantitative estimate of drug-likeness (QED) is 0.221. The molecule has 0 amide bonds. The van der Waals surface area contributed by atoms with Crippen molar-refractivity contribution >= 4 is 52.4 Å². The van der Waals surface area contributed by atoms with Crippen molar-refractivity contribution < 1.29 is 15.0 Å². The maximum absolute atomic E-state index is 11.5. The van der Waals surface area contributed by atoms with E-state index in [1.54, 1.807) is 25.6 Å². The van der Waals surface area contributed by atoms with Crippen molar-refractivity contribution in [2.24, 2.45) is 5.92 Å². The second-order valence-corrected chi connectivity index (χ2v) is 10.9. The second-order valence-electron chi connectivity index (χ2n) is 9.33. The van der Waals surface area contributed by atoms with Gasteiger partial charge in [0.2, 0.25) is 0 Å². The highest BCUT2D eigenvalue weighted by atomic mass is 35.5. The van der Waals surface area contributed by atoms with Crippen molar-refractivity contribution in [3.05, 3.63) is 112 Å². The SMILES string of the molecule is CC(O)Cc1cccc(C(SCC(C)C(=O)O)c2cccc(C=Cc3ccc4ccc(Cl)cc4n3)c2)c1. The van der Waals surface area contributed by atoms with E-state index in [0.29, 0.717) is 17.2 Å². The molecule has 4 nitrogen and oxygen atoms in total. The van der Waals surface area contributed by atoms with E-state index in [0.717, 1.165) is 38.9 Å². The minimum absolute atomic E-state index is 0.0370. The number of thioether (sulfide) groups is 1. The van der Waals surface area contributed by atoms with Gasteiger partial charge in [-0.15, -0.1) is 11.8 Å². The van der Waals surface area contributed by atoms with Crippen LogP contribution in [0.15, 0.2) is 78.9 Å². The van der Waals surface area contributed by atoms with Crippen molar-refractivity contribution in [1.82, 2.24) is 4.98 Å². The Balaban J connectivity index is 1.63. The first-order valence-electron chi connectivity index (χ1n) is 12.2. The van der Waals surface area contributed by atoms with Crippen molar-refractivity contribution in [1.29, 1.82) is 0 Å². The van der Waals surface area contributed by atoms with Crippen LogP contribution < -0.4 is 0 Å². The normalized spacial score (nSPS) is 14.1. The molecular weight excluding hydrogens is 502 g/mol. The van der Waals surface area contributed by atoms with Gasteiger partial charge in [-0.05, 0) is 59.9 Å². The Hall–Kier alpha value is -3.12. The maximum Gasteiger partial charge on any atom is 0.307 e.